The molecule has 0 aliphatic carbocycles. The Bertz CT molecular complexity index is 1390. The second-order valence-electron chi connectivity index (χ2n) is 9.93. The van der Waals surface area contributed by atoms with Crippen molar-refractivity contribution in [2.45, 2.75) is 33.4 Å². The number of amides is 1. The molecule has 3 aromatic rings. The molecule has 1 fully saturated rings. The van der Waals surface area contributed by atoms with Gasteiger partial charge >= 0.3 is 0 Å². The zero-order valence-corrected chi connectivity index (χ0v) is 24.0. The number of likely N-dealkylation sites (tertiary alicyclic amines) is 1. The second kappa shape index (κ2) is 13.8. The van der Waals surface area contributed by atoms with Gasteiger partial charge in [0.25, 0.3) is 11.7 Å². The summed E-state index contributed by atoms with van der Waals surface area (Å²) in [6.07, 6.45) is 1.66. The number of aliphatic hydroxyl groups excluding tert-OH is 1. The molecule has 7 heteroatoms. The summed E-state index contributed by atoms with van der Waals surface area (Å²) in [5.41, 5.74) is 3.46. The van der Waals surface area contributed by atoms with Crippen molar-refractivity contribution >= 4 is 17.4 Å². The molecule has 0 saturated carbocycles. The molecule has 4 rings (SSSR count). The summed E-state index contributed by atoms with van der Waals surface area (Å²) >= 11 is 0. The number of carbonyl (C=O) groups is 2. The van der Waals surface area contributed by atoms with Gasteiger partial charge in [0.15, 0.2) is 0 Å². The predicted octanol–water partition coefficient (Wildman–Crippen LogP) is 5.90. The highest BCUT2D eigenvalue weighted by atomic mass is 16.5. The second-order valence-corrected chi connectivity index (χ2v) is 9.93. The number of aryl methyl sites for hydroxylation is 1. The average Bonchev–Trinajstić information content (AvgIpc) is 3.25. The van der Waals surface area contributed by atoms with Crippen molar-refractivity contribution in [2.75, 3.05) is 32.8 Å². The van der Waals surface area contributed by atoms with Crippen molar-refractivity contribution in [2.24, 2.45) is 0 Å². The molecule has 1 aliphatic heterocycles. The Hall–Kier alpha value is -4.36. The Morgan fingerprint density at radius 2 is 1.59 bits per heavy atom. The third-order valence-corrected chi connectivity index (χ3v) is 7.44. The normalized spacial score (nSPS) is 16.3. The molecule has 1 atom stereocenters. The zero-order valence-electron chi connectivity index (χ0n) is 24.0. The van der Waals surface area contributed by atoms with Crippen LogP contribution in [-0.2, 0) is 16.2 Å². The van der Waals surface area contributed by atoms with Crippen LogP contribution in [0.3, 0.4) is 0 Å². The lowest BCUT2D eigenvalue weighted by Gasteiger charge is -2.28. The van der Waals surface area contributed by atoms with Gasteiger partial charge in [-0.1, -0.05) is 62.9 Å². The molecule has 0 aromatic heterocycles. The molecule has 1 N–H and O–H groups in total. The van der Waals surface area contributed by atoms with Crippen molar-refractivity contribution in [1.82, 2.24) is 9.80 Å². The SMILES string of the molecule is C=CCOc1ccc(C2/C(=C(\O)c3ccc(OCc4ccccc4C)cc3)C(=O)C(=O)N2CCN(CC)CC)cc1. The fourth-order valence-electron chi connectivity index (χ4n) is 4.95. The maximum atomic E-state index is 13.4. The summed E-state index contributed by atoms with van der Waals surface area (Å²) in [6.45, 7) is 13.3. The Labute approximate surface area is 242 Å². The summed E-state index contributed by atoms with van der Waals surface area (Å²) < 4.78 is 11.6. The summed E-state index contributed by atoms with van der Waals surface area (Å²) in [7, 11) is 0. The largest absolute Gasteiger partial charge is 0.507 e. The number of carbonyl (C=O) groups excluding carboxylic acids is 2. The van der Waals surface area contributed by atoms with Gasteiger partial charge in [-0.05, 0) is 73.1 Å². The number of likely N-dealkylation sites (N-methyl/N-ethyl adjacent to an activating group) is 1. The quantitative estimate of drug-likeness (QED) is 0.123. The minimum atomic E-state index is -0.726. The Morgan fingerprint density at radius 1 is 0.951 bits per heavy atom. The maximum absolute atomic E-state index is 13.4. The van der Waals surface area contributed by atoms with E-state index in [1.54, 1.807) is 47.4 Å². The molecule has 1 heterocycles. The van der Waals surface area contributed by atoms with Crippen LogP contribution in [0.2, 0.25) is 0 Å². The molecule has 1 aliphatic rings. The predicted molar refractivity (Wildman–Crippen MR) is 161 cm³/mol. The van der Waals surface area contributed by atoms with E-state index in [1.165, 1.54) is 0 Å². The van der Waals surface area contributed by atoms with E-state index < -0.39 is 17.7 Å². The van der Waals surface area contributed by atoms with Crippen molar-refractivity contribution < 1.29 is 24.2 Å². The first-order valence-electron chi connectivity index (χ1n) is 14.0. The molecule has 0 spiro atoms. The lowest BCUT2D eigenvalue weighted by Crippen LogP contribution is -2.38. The van der Waals surface area contributed by atoms with E-state index in [0.29, 0.717) is 43.4 Å². The van der Waals surface area contributed by atoms with Gasteiger partial charge in [-0.25, -0.2) is 0 Å². The molecule has 3 aromatic carbocycles. The average molecular weight is 555 g/mol. The number of hydrogen-bond donors (Lipinski definition) is 1. The molecule has 0 bridgehead atoms. The van der Waals surface area contributed by atoms with E-state index in [2.05, 4.69) is 25.3 Å². The highest BCUT2D eigenvalue weighted by Crippen LogP contribution is 2.40. The van der Waals surface area contributed by atoms with Crippen LogP contribution in [0.4, 0.5) is 0 Å². The Balaban J connectivity index is 1.64. The summed E-state index contributed by atoms with van der Waals surface area (Å²) in [6, 6.07) is 21.5. The molecule has 1 amide bonds. The highest BCUT2D eigenvalue weighted by molar-refractivity contribution is 6.46. The number of benzene rings is 3. The minimum Gasteiger partial charge on any atom is -0.507 e. The molecular weight excluding hydrogens is 516 g/mol. The third kappa shape index (κ3) is 6.87. The lowest BCUT2D eigenvalue weighted by molar-refractivity contribution is -0.140. The van der Waals surface area contributed by atoms with Crippen molar-refractivity contribution in [1.29, 1.82) is 0 Å². The first-order chi connectivity index (χ1) is 19.9. The summed E-state index contributed by atoms with van der Waals surface area (Å²) in [4.78, 5) is 30.4. The zero-order chi connectivity index (χ0) is 29.4. The van der Waals surface area contributed by atoms with Crippen LogP contribution in [0, 0.1) is 6.92 Å². The van der Waals surface area contributed by atoms with Gasteiger partial charge in [0.2, 0.25) is 0 Å². The number of hydrogen-bond acceptors (Lipinski definition) is 6. The van der Waals surface area contributed by atoms with Gasteiger partial charge in [0.1, 0.15) is 30.5 Å². The number of ether oxygens (including phenoxy) is 2. The van der Waals surface area contributed by atoms with Gasteiger partial charge in [0, 0.05) is 18.7 Å². The molecular formula is C34H38N2O5. The van der Waals surface area contributed by atoms with Crippen LogP contribution >= 0.6 is 0 Å². The standard InChI is InChI=1S/C34H38N2O5/c1-5-22-40-28-16-12-25(13-17-28)31-30(33(38)34(39)36(31)21-20-35(6-2)7-3)32(37)26-14-18-29(19-15-26)41-23-27-11-9-8-10-24(27)4/h5,8-19,31,37H,1,6-7,20-23H2,2-4H3/b32-30+. The van der Waals surface area contributed by atoms with E-state index in [4.69, 9.17) is 9.47 Å². The number of nitrogens with zero attached hydrogens (tertiary/aromatic N) is 2. The van der Waals surface area contributed by atoms with E-state index in [9.17, 15) is 14.7 Å². The monoisotopic (exact) mass is 554 g/mol. The van der Waals surface area contributed by atoms with Crippen LogP contribution < -0.4 is 9.47 Å². The minimum absolute atomic E-state index is 0.0721. The Morgan fingerprint density at radius 3 is 2.22 bits per heavy atom. The number of ketones is 1. The van der Waals surface area contributed by atoms with E-state index in [-0.39, 0.29) is 11.3 Å². The van der Waals surface area contributed by atoms with Gasteiger partial charge in [-0.3, -0.25) is 9.59 Å². The van der Waals surface area contributed by atoms with Crippen molar-refractivity contribution in [3.8, 4) is 11.5 Å². The van der Waals surface area contributed by atoms with E-state index in [1.807, 2.05) is 43.3 Å². The number of Topliss-reactive ketones (excluding diaryl/α,β-unsaturated/α-hetero) is 1. The van der Waals surface area contributed by atoms with Gasteiger partial charge in [0.05, 0.1) is 11.6 Å². The third-order valence-electron chi connectivity index (χ3n) is 7.44. The fraction of sp³-hybridized carbons (Fsp3) is 0.294. The Kier molecular flexibility index (Phi) is 9.98. The van der Waals surface area contributed by atoms with Crippen molar-refractivity contribution in [3.63, 3.8) is 0 Å². The topological polar surface area (TPSA) is 79.3 Å². The van der Waals surface area contributed by atoms with Gasteiger partial charge < -0.3 is 24.4 Å². The maximum Gasteiger partial charge on any atom is 0.295 e. The number of rotatable bonds is 13. The molecule has 1 unspecified atom stereocenters. The molecule has 214 valence electrons. The van der Waals surface area contributed by atoms with E-state index in [0.717, 1.165) is 29.8 Å². The van der Waals surface area contributed by atoms with Gasteiger partial charge in [-0.15, -0.1) is 0 Å². The van der Waals surface area contributed by atoms with Crippen LogP contribution in [-0.4, -0.2) is 59.4 Å². The van der Waals surface area contributed by atoms with Crippen LogP contribution in [0.25, 0.3) is 5.76 Å². The molecule has 7 nitrogen and oxygen atoms in total. The van der Waals surface area contributed by atoms with Crippen LogP contribution in [0.15, 0.2) is 91.0 Å². The summed E-state index contributed by atoms with van der Waals surface area (Å²) in [5.74, 6) is -0.241. The van der Waals surface area contributed by atoms with Crippen molar-refractivity contribution in [3.05, 3.63) is 113 Å². The first-order valence-corrected chi connectivity index (χ1v) is 14.0. The molecule has 41 heavy (non-hydrogen) atoms. The molecule has 0 radical (unpaired) electrons. The first kappa shape index (κ1) is 29.6. The smallest absolute Gasteiger partial charge is 0.295 e. The van der Waals surface area contributed by atoms with Crippen LogP contribution in [0.1, 0.15) is 42.1 Å². The van der Waals surface area contributed by atoms with E-state index >= 15 is 0 Å². The molecule has 1 saturated heterocycles. The summed E-state index contributed by atoms with van der Waals surface area (Å²) in [5, 5.41) is 11.4. The number of aliphatic hydroxyl groups is 1. The van der Waals surface area contributed by atoms with Gasteiger partial charge in [-0.2, -0.15) is 0 Å². The lowest BCUT2D eigenvalue weighted by atomic mass is 9.95. The van der Waals surface area contributed by atoms with Crippen LogP contribution in [0.5, 0.6) is 11.5 Å². The fourth-order valence-corrected chi connectivity index (χ4v) is 4.95. The highest BCUT2D eigenvalue weighted by Gasteiger charge is 2.46.